The van der Waals surface area contributed by atoms with Crippen molar-refractivity contribution < 1.29 is 19.1 Å². The topological polar surface area (TPSA) is 75.7 Å². The normalized spacial score (nSPS) is 12.3. The van der Waals surface area contributed by atoms with E-state index >= 15 is 0 Å². The molecule has 0 saturated heterocycles. The van der Waals surface area contributed by atoms with Gasteiger partial charge in [-0.05, 0) is 37.1 Å². The molecule has 3 rings (SSSR count). The SMILES string of the molecule is CC(CC(=O)OC(C)C(=O)N(Cc1ccccc1)Cc1ccccc1)NC(=O)c1ccccc1. The molecule has 2 atom stereocenters. The van der Waals surface area contributed by atoms with E-state index in [1.165, 1.54) is 0 Å². The Labute approximate surface area is 200 Å². The van der Waals surface area contributed by atoms with Crippen LogP contribution in [0.1, 0.15) is 41.8 Å². The molecule has 0 radical (unpaired) electrons. The summed E-state index contributed by atoms with van der Waals surface area (Å²) in [4.78, 5) is 39.7. The summed E-state index contributed by atoms with van der Waals surface area (Å²) in [5, 5.41) is 2.78. The second kappa shape index (κ2) is 12.3. The van der Waals surface area contributed by atoms with Crippen LogP contribution in [0.25, 0.3) is 0 Å². The number of ether oxygens (including phenoxy) is 1. The maximum absolute atomic E-state index is 13.2. The Kier molecular flexibility index (Phi) is 8.97. The van der Waals surface area contributed by atoms with E-state index in [0.717, 1.165) is 11.1 Å². The summed E-state index contributed by atoms with van der Waals surface area (Å²) in [6.07, 6.45) is -0.981. The summed E-state index contributed by atoms with van der Waals surface area (Å²) in [6.45, 7) is 4.11. The van der Waals surface area contributed by atoms with Gasteiger partial charge >= 0.3 is 5.97 Å². The van der Waals surface area contributed by atoms with E-state index in [4.69, 9.17) is 4.74 Å². The molecule has 0 heterocycles. The number of hydrogen-bond donors (Lipinski definition) is 1. The average Bonchev–Trinajstić information content (AvgIpc) is 2.84. The molecule has 0 bridgehead atoms. The Hall–Kier alpha value is -3.93. The predicted octanol–water partition coefficient (Wildman–Crippen LogP) is 4.36. The van der Waals surface area contributed by atoms with Crippen LogP contribution in [-0.4, -0.2) is 34.8 Å². The van der Waals surface area contributed by atoms with E-state index in [0.29, 0.717) is 18.7 Å². The van der Waals surface area contributed by atoms with E-state index < -0.39 is 18.1 Å². The van der Waals surface area contributed by atoms with Gasteiger partial charge in [0.25, 0.3) is 11.8 Å². The summed E-state index contributed by atoms with van der Waals surface area (Å²) < 4.78 is 5.45. The first kappa shape index (κ1) is 24.7. The number of carbonyl (C=O) groups is 3. The molecule has 0 aromatic heterocycles. The predicted molar refractivity (Wildman–Crippen MR) is 131 cm³/mol. The van der Waals surface area contributed by atoms with Gasteiger partial charge in [-0.25, -0.2) is 0 Å². The largest absolute Gasteiger partial charge is 0.452 e. The van der Waals surface area contributed by atoms with Gasteiger partial charge in [-0.3, -0.25) is 14.4 Å². The van der Waals surface area contributed by atoms with Gasteiger partial charge in [-0.15, -0.1) is 0 Å². The highest BCUT2D eigenvalue weighted by Crippen LogP contribution is 2.13. The van der Waals surface area contributed by atoms with Crippen LogP contribution in [0.15, 0.2) is 91.0 Å². The van der Waals surface area contributed by atoms with Gasteiger partial charge in [0.1, 0.15) is 0 Å². The molecule has 176 valence electrons. The highest BCUT2D eigenvalue weighted by molar-refractivity contribution is 5.94. The molecular formula is C28H30N2O4. The Bertz CT molecular complexity index is 1030. The van der Waals surface area contributed by atoms with Gasteiger partial charge in [0.05, 0.1) is 6.42 Å². The van der Waals surface area contributed by atoms with Crippen molar-refractivity contribution >= 4 is 17.8 Å². The lowest BCUT2D eigenvalue weighted by atomic mass is 10.1. The van der Waals surface area contributed by atoms with Crippen molar-refractivity contribution in [2.75, 3.05) is 0 Å². The van der Waals surface area contributed by atoms with Gasteiger partial charge in [0.2, 0.25) is 0 Å². The van der Waals surface area contributed by atoms with Crippen LogP contribution in [0.2, 0.25) is 0 Å². The minimum absolute atomic E-state index is 0.0342. The molecule has 3 aromatic rings. The lowest BCUT2D eigenvalue weighted by Gasteiger charge is -2.26. The number of rotatable bonds is 10. The van der Waals surface area contributed by atoms with Crippen LogP contribution < -0.4 is 5.32 Å². The van der Waals surface area contributed by atoms with Crippen molar-refractivity contribution in [3.05, 3.63) is 108 Å². The lowest BCUT2D eigenvalue weighted by molar-refractivity contribution is -0.160. The molecule has 0 spiro atoms. The molecule has 2 unspecified atom stereocenters. The van der Waals surface area contributed by atoms with Gasteiger partial charge in [0.15, 0.2) is 6.10 Å². The molecule has 0 aliphatic heterocycles. The molecule has 6 nitrogen and oxygen atoms in total. The Morgan fingerprint density at radius 1 is 0.765 bits per heavy atom. The summed E-state index contributed by atoms with van der Waals surface area (Å²) in [5.74, 6) is -1.08. The summed E-state index contributed by atoms with van der Waals surface area (Å²) >= 11 is 0. The number of nitrogens with one attached hydrogen (secondary N) is 1. The maximum Gasteiger partial charge on any atom is 0.308 e. The van der Waals surface area contributed by atoms with Crippen molar-refractivity contribution in [3.8, 4) is 0 Å². The zero-order valence-electron chi connectivity index (χ0n) is 19.5. The quantitative estimate of drug-likeness (QED) is 0.458. The second-order valence-electron chi connectivity index (χ2n) is 8.24. The Morgan fingerprint density at radius 2 is 1.24 bits per heavy atom. The standard InChI is InChI=1S/C28H30N2O4/c1-21(29-27(32)25-16-10-5-11-17-25)18-26(31)34-22(2)28(33)30(19-23-12-6-3-7-13-23)20-24-14-8-4-9-15-24/h3-17,21-22H,18-20H2,1-2H3,(H,29,32). The summed E-state index contributed by atoms with van der Waals surface area (Å²) in [6, 6.07) is 27.7. The average molecular weight is 459 g/mol. The number of hydrogen-bond acceptors (Lipinski definition) is 4. The van der Waals surface area contributed by atoms with Crippen LogP contribution in [0.5, 0.6) is 0 Å². The Morgan fingerprint density at radius 3 is 1.74 bits per heavy atom. The molecule has 34 heavy (non-hydrogen) atoms. The lowest BCUT2D eigenvalue weighted by Crippen LogP contribution is -2.40. The van der Waals surface area contributed by atoms with Crippen molar-refractivity contribution in [1.29, 1.82) is 0 Å². The summed E-state index contributed by atoms with van der Waals surface area (Å²) in [7, 11) is 0. The molecule has 0 saturated carbocycles. The van der Waals surface area contributed by atoms with Gasteiger partial charge < -0.3 is 15.0 Å². The van der Waals surface area contributed by atoms with Crippen LogP contribution in [0.3, 0.4) is 0 Å². The molecule has 0 aliphatic carbocycles. The number of benzene rings is 3. The van der Waals surface area contributed by atoms with E-state index in [1.807, 2.05) is 66.7 Å². The molecular weight excluding hydrogens is 428 g/mol. The van der Waals surface area contributed by atoms with E-state index in [9.17, 15) is 14.4 Å². The monoisotopic (exact) mass is 458 g/mol. The van der Waals surface area contributed by atoms with Gasteiger partial charge in [-0.2, -0.15) is 0 Å². The molecule has 3 aromatic carbocycles. The molecule has 6 heteroatoms. The molecule has 2 amide bonds. The first-order valence-electron chi connectivity index (χ1n) is 11.3. The minimum Gasteiger partial charge on any atom is -0.452 e. The highest BCUT2D eigenvalue weighted by atomic mass is 16.5. The third-order valence-electron chi connectivity index (χ3n) is 5.29. The maximum atomic E-state index is 13.2. The fraction of sp³-hybridized carbons (Fsp3) is 0.250. The summed E-state index contributed by atoms with van der Waals surface area (Å²) in [5.41, 5.74) is 2.49. The first-order chi connectivity index (χ1) is 16.4. The molecule has 0 aliphatic rings. The van der Waals surface area contributed by atoms with E-state index in [2.05, 4.69) is 5.32 Å². The number of nitrogens with zero attached hydrogens (tertiary/aromatic N) is 1. The number of carbonyl (C=O) groups excluding carboxylic acids is 3. The molecule has 1 N–H and O–H groups in total. The smallest absolute Gasteiger partial charge is 0.308 e. The fourth-order valence-electron chi connectivity index (χ4n) is 3.57. The van der Waals surface area contributed by atoms with Crippen LogP contribution in [-0.2, 0) is 27.4 Å². The fourth-order valence-corrected chi connectivity index (χ4v) is 3.57. The Balaban J connectivity index is 1.58. The number of amides is 2. The highest BCUT2D eigenvalue weighted by Gasteiger charge is 2.25. The van der Waals surface area contributed by atoms with Crippen molar-refractivity contribution in [2.45, 2.75) is 45.5 Å². The van der Waals surface area contributed by atoms with Crippen LogP contribution in [0.4, 0.5) is 0 Å². The van der Waals surface area contributed by atoms with Crippen molar-refractivity contribution in [3.63, 3.8) is 0 Å². The minimum atomic E-state index is -0.947. The first-order valence-corrected chi connectivity index (χ1v) is 11.3. The van der Waals surface area contributed by atoms with Crippen molar-refractivity contribution in [1.82, 2.24) is 10.2 Å². The van der Waals surface area contributed by atoms with E-state index in [-0.39, 0.29) is 18.2 Å². The van der Waals surface area contributed by atoms with Crippen LogP contribution >= 0.6 is 0 Å². The van der Waals surface area contributed by atoms with Gasteiger partial charge in [0, 0.05) is 24.7 Å². The molecule has 0 fully saturated rings. The second-order valence-corrected chi connectivity index (χ2v) is 8.24. The zero-order valence-corrected chi connectivity index (χ0v) is 19.5. The van der Waals surface area contributed by atoms with Crippen LogP contribution in [0, 0.1) is 0 Å². The third kappa shape index (κ3) is 7.59. The number of esters is 1. The third-order valence-corrected chi connectivity index (χ3v) is 5.29. The van der Waals surface area contributed by atoms with Gasteiger partial charge in [-0.1, -0.05) is 78.9 Å². The van der Waals surface area contributed by atoms with Crippen molar-refractivity contribution in [2.24, 2.45) is 0 Å². The van der Waals surface area contributed by atoms with E-state index in [1.54, 1.807) is 43.0 Å². The zero-order chi connectivity index (χ0) is 24.3.